The van der Waals surface area contributed by atoms with Crippen molar-refractivity contribution in [2.45, 2.75) is 20.3 Å². The van der Waals surface area contributed by atoms with Crippen LogP contribution in [0.5, 0.6) is 0 Å². The Morgan fingerprint density at radius 3 is 2.36 bits per heavy atom. The molecule has 60 valence electrons. The number of rotatable bonds is 1. The zero-order valence-corrected chi connectivity index (χ0v) is 8.13. The van der Waals surface area contributed by atoms with Gasteiger partial charge in [0.2, 0.25) is 0 Å². The Labute approximate surface area is 77.1 Å². The third kappa shape index (κ3) is 1.88. The molecule has 1 aromatic rings. The van der Waals surface area contributed by atoms with Gasteiger partial charge in [-0.25, -0.2) is 0 Å². The summed E-state index contributed by atoms with van der Waals surface area (Å²) in [6.07, 6.45) is 0.955. The van der Waals surface area contributed by atoms with Crippen LogP contribution in [-0.4, -0.2) is 0 Å². The van der Waals surface area contributed by atoms with E-state index in [2.05, 4.69) is 6.92 Å². The lowest BCUT2D eigenvalue weighted by Crippen LogP contribution is -1.84. The quantitative estimate of drug-likeness (QED) is 0.629. The molecule has 0 aliphatic heterocycles. The van der Waals surface area contributed by atoms with Crippen LogP contribution in [0.15, 0.2) is 12.1 Å². The molecule has 0 fully saturated rings. The van der Waals surface area contributed by atoms with E-state index in [0.29, 0.717) is 0 Å². The molecule has 0 aliphatic carbocycles. The number of hydrogen-bond acceptors (Lipinski definition) is 0. The van der Waals surface area contributed by atoms with Gasteiger partial charge in [-0.15, -0.1) is 0 Å². The zero-order valence-electron chi connectivity index (χ0n) is 6.62. The van der Waals surface area contributed by atoms with Crippen LogP contribution >= 0.6 is 23.2 Å². The van der Waals surface area contributed by atoms with E-state index in [9.17, 15) is 0 Å². The van der Waals surface area contributed by atoms with Crippen LogP contribution in [0.2, 0.25) is 10.0 Å². The predicted molar refractivity (Wildman–Crippen MR) is 50.6 cm³/mol. The minimum atomic E-state index is 0.743. The van der Waals surface area contributed by atoms with E-state index in [0.717, 1.165) is 27.6 Å². The Morgan fingerprint density at radius 1 is 1.18 bits per heavy atom. The average Bonchev–Trinajstić information content (AvgIpc) is 1.97. The Morgan fingerprint density at radius 2 is 1.82 bits per heavy atom. The highest BCUT2D eigenvalue weighted by Crippen LogP contribution is 2.24. The Bertz CT molecular complexity index is 267. The Hall–Kier alpha value is -0.200. The highest BCUT2D eigenvalue weighted by Gasteiger charge is 2.01. The first-order chi connectivity index (χ1) is 5.15. The molecule has 0 saturated carbocycles. The van der Waals surface area contributed by atoms with Crippen molar-refractivity contribution in [1.82, 2.24) is 0 Å². The van der Waals surface area contributed by atoms with Crippen LogP contribution in [0.4, 0.5) is 0 Å². The Balaban J connectivity index is 3.21. The molecule has 0 N–H and O–H groups in total. The molecule has 0 heterocycles. The van der Waals surface area contributed by atoms with Crippen LogP contribution in [0.3, 0.4) is 0 Å². The zero-order chi connectivity index (χ0) is 8.43. The highest BCUT2D eigenvalue weighted by molar-refractivity contribution is 6.35. The molecule has 1 aromatic carbocycles. The van der Waals surface area contributed by atoms with Crippen LogP contribution in [0.25, 0.3) is 0 Å². The van der Waals surface area contributed by atoms with Crippen LogP contribution in [-0.2, 0) is 6.42 Å². The van der Waals surface area contributed by atoms with Gasteiger partial charge in [-0.2, -0.15) is 0 Å². The summed E-state index contributed by atoms with van der Waals surface area (Å²) < 4.78 is 0. The van der Waals surface area contributed by atoms with Crippen LogP contribution < -0.4 is 0 Å². The first-order valence-corrected chi connectivity index (χ1v) is 4.35. The first kappa shape index (κ1) is 8.89. The van der Waals surface area contributed by atoms with E-state index in [1.54, 1.807) is 6.07 Å². The van der Waals surface area contributed by atoms with E-state index < -0.39 is 0 Å². The van der Waals surface area contributed by atoms with Gasteiger partial charge in [-0.1, -0.05) is 36.2 Å². The van der Waals surface area contributed by atoms with Gasteiger partial charge in [0.05, 0.1) is 0 Å². The second kappa shape index (κ2) is 3.46. The second-order valence-corrected chi connectivity index (χ2v) is 3.36. The van der Waals surface area contributed by atoms with Gasteiger partial charge in [0.25, 0.3) is 0 Å². The summed E-state index contributed by atoms with van der Waals surface area (Å²) >= 11 is 11.8. The summed E-state index contributed by atoms with van der Waals surface area (Å²) in [5.74, 6) is 0. The maximum Gasteiger partial charge on any atom is 0.0452 e. The van der Waals surface area contributed by atoms with Crippen molar-refractivity contribution in [1.29, 1.82) is 0 Å². The lowest BCUT2D eigenvalue weighted by atomic mass is 10.1. The maximum atomic E-state index is 5.92. The molecule has 0 aliphatic rings. The smallest absolute Gasteiger partial charge is 0.0452 e. The molecule has 0 unspecified atom stereocenters. The number of benzene rings is 1. The average molecular weight is 189 g/mol. The standard InChI is InChI=1S/C9H10Cl2/c1-3-7-4-6(2)8(10)5-9(7)11/h4-5H,3H2,1-2H3. The molecular weight excluding hydrogens is 179 g/mol. The number of hydrogen-bond donors (Lipinski definition) is 0. The van der Waals surface area contributed by atoms with E-state index in [4.69, 9.17) is 23.2 Å². The summed E-state index contributed by atoms with van der Waals surface area (Å²) in [5, 5.41) is 1.51. The first-order valence-electron chi connectivity index (χ1n) is 3.59. The molecule has 0 amide bonds. The van der Waals surface area contributed by atoms with Crippen molar-refractivity contribution < 1.29 is 0 Å². The van der Waals surface area contributed by atoms with Gasteiger partial charge < -0.3 is 0 Å². The topological polar surface area (TPSA) is 0 Å². The maximum absolute atomic E-state index is 5.92. The number of aryl methyl sites for hydroxylation is 2. The van der Waals surface area contributed by atoms with Crippen molar-refractivity contribution in [3.05, 3.63) is 33.3 Å². The minimum absolute atomic E-state index is 0.743. The van der Waals surface area contributed by atoms with Crippen molar-refractivity contribution >= 4 is 23.2 Å². The van der Waals surface area contributed by atoms with Crippen LogP contribution in [0, 0.1) is 6.92 Å². The summed E-state index contributed by atoms with van der Waals surface area (Å²) in [6, 6.07) is 3.84. The summed E-state index contributed by atoms with van der Waals surface area (Å²) in [7, 11) is 0. The second-order valence-electron chi connectivity index (χ2n) is 2.55. The lowest BCUT2D eigenvalue weighted by Gasteiger charge is -2.03. The van der Waals surface area contributed by atoms with Gasteiger partial charge in [0.15, 0.2) is 0 Å². The molecule has 11 heavy (non-hydrogen) atoms. The molecule has 2 heteroatoms. The van der Waals surface area contributed by atoms with Crippen molar-refractivity contribution in [2.24, 2.45) is 0 Å². The fourth-order valence-electron chi connectivity index (χ4n) is 0.988. The van der Waals surface area contributed by atoms with E-state index >= 15 is 0 Å². The third-order valence-electron chi connectivity index (χ3n) is 1.71. The number of halogens is 2. The summed E-state index contributed by atoms with van der Waals surface area (Å²) in [4.78, 5) is 0. The largest absolute Gasteiger partial charge is 0.0840 e. The third-order valence-corrected chi connectivity index (χ3v) is 2.47. The van der Waals surface area contributed by atoms with E-state index in [1.807, 2.05) is 13.0 Å². The molecule has 0 nitrogen and oxygen atoms in total. The fraction of sp³-hybridized carbons (Fsp3) is 0.333. The van der Waals surface area contributed by atoms with Gasteiger partial charge in [-0.05, 0) is 30.5 Å². The van der Waals surface area contributed by atoms with Gasteiger partial charge >= 0.3 is 0 Å². The highest BCUT2D eigenvalue weighted by atomic mass is 35.5. The van der Waals surface area contributed by atoms with Crippen LogP contribution in [0.1, 0.15) is 18.1 Å². The van der Waals surface area contributed by atoms with Gasteiger partial charge in [0, 0.05) is 10.0 Å². The summed E-state index contributed by atoms with van der Waals surface area (Å²) in [6.45, 7) is 4.06. The summed E-state index contributed by atoms with van der Waals surface area (Å²) in [5.41, 5.74) is 2.25. The Kier molecular flexibility index (Phi) is 2.80. The van der Waals surface area contributed by atoms with Crippen molar-refractivity contribution in [2.75, 3.05) is 0 Å². The lowest BCUT2D eigenvalue weighted by molar-refractivity contribution is 1.13. The monoisotopic (exact) mass is 188 g/mol. The molecule has 0 atom stereocenters. The van der Waals surface area contributed by atoms with E-state index in [1.165, 1.54) is 0 Å². The predicted octanol–water partition coefficient (Wildman–Crippen LogP) is 3.86. The normalized spacial score (nSPS) is 10.2. The van der Waals surface area contributed by atoms with Crippen molar-refractivity contribution in [3.63, 3.8) is 0 Å². The van der Waals surface area contributed by atoms with Gasteiger partial charge in [0.1, 0.15) is 0 Å². The fourth-order valence-corrected chi connectivity index (χ4v) is 1.50. The van der Waals surface area contributed by atoms with Crippen molar-refractivity contribution in [3.8, 4) is 0 Å². The minimum Gasteiger partial charge on any atom is -0.0840 e. The molecule has 1 rings (SSSR count). The molecule has 0 spiro atoms. The molecule has 0 radical (unpaired) electrons. The molecule has 0 saturated heterocycles. The van der Waals surface area contributed by atoms with E-state index in [-0.39, 0.29) is 0 Å². The molecule has 0 aromatic heterocycles. The molecular formula is C9H10Cl2. The van der Waals surface area contributed by atoms with Gasteiger partial charge in [-0.3, -0.25) is 0 Å². The molecule has 0 bridgehead atoms. The SMILES string of the molecule is CCc1cc(C)c(Cl)cc1Cl.